The first-order chi connectivity index (χ1) is 15.0. The summed E-state index contributed by atoms with van der Waals surface area (Å²) in [6.45, 7) is 2.22. The van der Waals surface area contributed by atoms with Gasteiger partial charge in [-0.15, -0.1) is 0 Å². The van der Waals surface area contributed by atoms with Crippen molar-refractivity contribution in [3.05, 3.63) is 48.7 Å². The number of pyridine rings is 1. The summed E-state index contributed by atoms with van der Waals surface area (Å²) in [6, 6.07) is 12.6. The van der Waals surface area contributed by atoms with Gasteiger partial charge in [0, 0.05) is 38.9 Å². The predicted octanol–water partition coefficient (Wildman–Crippen LogP) is 1.13. The Hall–Kier alpha value is -2.85. The number of aromatic nitrogens is 1. The first kappa shape index (κ1) is 22.8. The fourth-order valence-electron chi connectivity index (χ4n) is 3.22. The SMILES string of the molecule is COc1ccc(OCC(=O)NCCCS(=O)(=O)N2CCN(c3ccccn3)CC2)cc1. The van der Waals surface area contributed by atoms with Crippen LogP contribution in [0, 0.1) is 0 Å². The Morgan fingerprint density at radius 1 is 1.06 bits per heavy atom. The van der Waals surface area contributed by atoms with Crippen molar-refractivity contribution < 1.29 is 22.7 Å². The van der Waals surface area contributed by atoms with Gasteiger partial charge in [0.2, 0.25) is 10.0 Å². The van der Waals surface area contributed by atoms with Crippen molar-refractivity contribution in [3.8, 4) is 11.5 Å². The molecule has 0 atom stereocenters. The van der Waals surface area contributed by atoms with Gasteiger partial charge in [-0.05, 0) is 42.8 Å². The van der Waals surface area contributed by atoms with Crippen LogP contribution in [0.1, 0.15) is 6.42 Å². The van der Waals surface area contributed by atoms with E-state index in [1.165, 1.54) is 4.31 Å². The number of ether oxygens (including phenoxy) is 2. The molecule has 1 fully saturated rings. The van der Waals surface area contributed by atoms with E-state index in [0.29, 0.717) is 44.1 Å². The van der Waals surface area contributed by atoms with Gasteiger partial charge in [-0.1, -0.05) is 6.07 Å². The highest BCUT2D eigenvalue weighted by Crippen LogP contribution is 2.17. The van der Waals surface area contributed by atoms with Gasteiger partial charge in [0.25, 0.3) is 5.91 Å². The molecule has 0 bridgehead atoms. The second kappa shape index (κ2) is 11.0. The molecule has 3 rings (SSSR count). The molecule has 0 saturated carbocycles. The Labute approximate surface area is 183 Å². The number of benzene rings is 1. The fourth-order valence-corrected chi connectivity index (χ4v) is 4.71. The van der Waals surface area contributed by atoms with E-state index in [2.05, 4.69) is 15.2 Å². The normalized spacial score (nSPS) is 14.8. The molecule has 168 valence electrons. The number of methoxy groups -OCH3 is 1. The Bertz CT molecular complexity index is 930. The standard InChI is InChI=1S/C21H28N4O5S/c1-29-18-6-8-19(9-7-18)30-17-21(26)23-11-4-16-31(27,28)25-14-12-24(13-15-25)20-5-2-3-10-22-20/h2-3,5-10H,4,11-17H2,1H3,(H,23,26). The maximum atomic E-state index is 12.6. The van der Waals surface area contributed by atoms with Gasteiger partial charge in [0.1, 0.15) is 17.3 Å². The van der Waals surface area contributed by atoms with Crippen molar-refractivity contribution in [2.75, 3.05) is 57.1 Å². The van der Waals surface area contributed by atoms with E-state index in [9.17, 15) is 13.2 Å². The molecule has 0 spiro atoms. The molecular weight excluding hydrogens is 420 g/mol. The zero-order valence-corrected chi connectivity index (χ0v) is 18.4. The number of hydrogen-bond acceptors (Lipinski definition) is 7. The third-order valence-electron chi connectivity index (χ3n) is 4.94. The van der Waals surface area contributed by atoms with E-state index in [1.54, 1.807) is 37.6 Å². The zero-order chi connectivity index (χ0) is 22.1. The molecule has 1 aromatic heterocycles. The number of nitrogens with zero attached hydrogens (tertiary/aromatic N) is 3. The highest BCUT2D eigenvalue weighted by Gasteiger charge is 2.26. The van der Waals surface area contributed by atoms with Gasteiger partial charge in [0.15, 0.2) is 6.61 Å². The second-order valence-electron chi connectivity index (χ2n) is 7.06. The molecule has 2 aromatic rings. The summed E-state index contributed by atoms with van der Waals surface area (Å²) >= 11 is 0. The van der Waals surface area contributed by atoms with Crippen LogP contribution in [0.5, 0.6) is 11.5 Å². The summed E-state index contributed by atoms with van der Waals surface area (Å²) in [4.78, 5) is 18.3. The van der Waals surface area contributed by atoms with Crippen molar-refractivity contribution in [3.63, 3.8) is 0 Å². The summed E-state index contributed by atoms with van der Waals surface area (Å²) in [5.41, 5.74) is 0. The monoisotopic (exact) mass is 448 g/mol. The van der Waals surface area contributed by atoms with Crippen LogP contribution >= 0.6 is 0 Å². The number of sulfonamides is 1. The van der Waals surface area contributed by atoms with E-state index < -0.39 is 10.0 Å². The molecule has 10 heteroatoms. The minimum Gasteiger partial charge on any atom is -0.497 e. The lowest BCUT2D eigenvalue weighted by Gasteiger charge is -2.34. The summed E-state index contributed by atoms with van der Waals surface area (Å²) in [6.07, 6.45) is 2.08. The maximum absolute atomic E-state index is 12.6. The summed E-state index contributed by atoms with van der Waals surface area (Å²) in [5.74, 6) is 1.83. The minimum absolute atomic E-state index is 0.00377. The van der Waals surface area contributed by atoms with Crippen LogP contribution in [0.3, 0.4) is 0 Å². The molecule has 1 amide bonds. The Morgan fingerprint density at radius 2 is 1.77 bits per heavy atom. The largest absolute Gasteiger partial charge is 0.497 e. The lowest BCUT2D eigenvalue weighted by Crippen LogP contribution is -2.49. The minimum atomic E-state index is -3.36. The van der Waals surface area contributed by atoms with Gasteiger partial charge < -0.3 is 19.7 Å². The van der Waals surface area contributed by atoms with Crippen molar-refractivity contribution in [1.82, 2.24) is 14.6 Å². The Morgan fingerprint density at radius 3 is 2.42 bits per heavy atom. The third kappa shape index (κ3) is 6.83. The lowest BCUT2D eigenvalue weighted by molar-refractivity contribution is -0.123. The number of nitrogens with one attached hydrogen (secondary N) is 1. The molecule has 2 heterocycles. The first-order valence-corrected chi connectivity index (χ1v) is 11.8. The van der Waals surface area contributed by atoms with Gasteiger partial charge in [0.05, 0.1) is 12.9 Å². The van der Waals surface area contributed by atoms with Crippen molar-refractivity contribution in [1.29, 1.82) is 0 Å². The fraction of sp³-hybridized carbons (Fsp3) is 0.429. The zero-order valence-electron chi connectivity index (χ0n) is 17.6. The van der Waals surface area contributed by atoms with Crippen LogP contribution in [0.25, 0.3) is 0 Å². The molecule has 0 unspecified atom stereocenters. The molecule has 1 aromatic carbocycles. The summed E-state index contributed by atoms with van der Waals surface area (Å²) in [7, 11) is -1.78. The quantitative estimate of drug-likeness (QED) is 0.544. The summed E-state index contributed by atoms with van der Waals surface area (Å²) in [5, 5.41) is 2.69. The average Bonchev–Trinajstić information content (AvgIpc) is 2.81. The number of carbonyl (C=O) groups excluding carboxylic acids is 1. The Balaban J connectivity index is 1.33. The number of carbonyl (C=O) groups is 1. The van der Waals surface area contributed by atoms with E-state index in [0.717, 1.165) is 5.82 Å². The highest BCUT2D eigenvalue weighted by atomic mass is 32.2. The molecule has 9 nitrogen and oxygen atoms in total. The first-order valence-electron chi connectivity index (χ1n) is 10.2. The van der Waals surface area contributed by atoms with Crippen LogP contribution < -0.4 is 19.7 Å². The van der Waals surface area contributed by atoms with Crippen LogP contribution in [0.2, 0.25) is 0 Å². The van der Waals surface area contributed by atoms with E-state index in [-0.39, 0.29) is 24.8 Å². The topological polar surface area (TPSA) is 101 Å². The second-order valence-corrected chi connectivity index (χ2v) is 9.15. The molecule has 0 radical (unpaired) electrons. The molecule has 31 heavy (non-hydrogen) atoms. The number of amides is 1. The predicted molar refractivity (Wildman–Crippen MR) is 118 cm³/mol. The molecule has 1 aliphatic heterocycles. The molecule has 0 aliphatic carbocycles. The van der Waals surface area contributed by atoms with E-state index >= 15 is 0 Å². The van der Waals surface area contributed by atoms with Crippen molar-refractivity contribution >= 4 is 21.7 Å². The van der Waals surface area contributed by atoms with Crippen LogP contribution in [0.4, 0.5) is 5.82 Å². The van der Waals surface area contributed by atoms with Crippen molar-refractivity contribution in [2.45, 2.75) is 6.42 Å². The lowest BCUT2D eigenvalue weighted by atomic mass is 10.3. The number of piperazine rings is 1. The smallest absolute Gasteiger partial charge is 0.257 e. The Kier molecular flexibility index (Phi) is 8.07. The van der Waals surface area contributed by atoms with Crippen molar-refractivity contribution in [2.24, 2.45) is 0 Å². The third-order valence-corrected chi connectivity index (χ3v) is 6.89. The molecule has 1 saturated heterocycles. The summed E-state index contributed by atoms with van der Waals surface area (Å²) < 4.78 is 37.1. The highest BCUT2D eigenvalue weighted by molar-refractivity contribution is 7.89. The van der Waals surface area contributed by atoms with E-state index in [1.807, 2.05) is 18.2 Å². The van der Waals surface area contributed by atoms with Crippen LogP contribution in [-0.4, -0.2) is 75.8 Å². The van der Waals surface area contributed by atoms with E-state index in [4.69, 9.17) is 9.47 Å². The molecule has 1 N–H and O–H groups in total. The number of hydrogen-bond donors (Lipinski definition) is 1. The van der Waals surface area contributed by atoms with Gasteiger partial charge >= 0.3 is 0 Å². The molecule has 1 aliphatic rings. The van der Waals surface area contributed by atoms with Gasteiger partial charge in [-0.2, -0.15) is 4.31 Å². The number of anilines is 1. The average molecular weight is 449 g/mol. The van der Waals surface area contributed by atoms with Gasteiger partial charge in [-0.25, -0.2) is 13.4 Å². The maximum Gasteiger partial charge on any atom is 0.257 e. The van der Waals surface area contributed by atoms with Crippen LogP contribution in [0.15, 0.2) is 48.7 Å². The van der Waals surface area contributed by atoms with Crippen LogP contribution in [-0.2, 0) is 14.8 Å². The van der Waals surface area contributed by atoms with Gasteiger partial charge in [-0.3, -0.25) is 4.79 Å². The molecular formula is C21H28N4O5S. The number of rotatable bonds is 10.